The summed E-state index contributed by atoms with van der Waals surface area (Å²) in [7, 11) is -0.174. The number of sulfonamides is 1. The molecular weight excluding hydrogens is 621 g/mol. The molecule has 45 heavy (non-hydrogen) atoms. The van der Waals surface area contributed by atoms with Gasteiger partial charge in [0.15, 0.2) is 11.5 Å². The average Bonchev–Trinajstić information content (AvgIpc) is 3.06. The third kappa shape index (κ3) is 7.92. The van der Waals surface area contributed by atoms with Crippen LogP contribution < -0.4 is 19.1 Å². The number of amides is 2. The quantitative estimate of drug-likeness (QED) is 0.216. The highest BCUT2D eigenvalue weighted by molar-refractivity contribution is 7.92. The lowest BCUT2D eigenvalue weighted by molar-refractivity contribution is -0.139. The number of nitrogens with one attached hydrogen (secondary N) is 1. The van der Waals surface area contributed by atoms with E-state index in [4.69, 9.17) is 21.1 Å². The van der Waals surface area contributed by atoms with E-state index in [1.165, 1.54) is 86.8 Å². The molecule has 0 unspecified atom stereocenters. The number of carbonyl (C=O) groups is 2. The second kappa shape index (κ2) is 14.9. The molecule has 0 radical (unpaired) electrons. The van der Waals surface area contributed by atoms with Crippen LogP contribution in [0, 0.1) is 5.82 Å². The van der Waals surface area contributed by atoms with Gasteiger partial charge in [0.25, 0.3) is 10.0 Å². The van der Waals surface area contributed by atoms with Crippen LogP contribution in [0.4, 0.5) is 10.1 Å². The molecule has 0 spiro atoms. The lowest BCUT2D eigenvalue weighted by Gasteiger charge is -2.33. The van der Waals surface area contributed by atoms with Crippen molar-refractivity contribution in [1.82, 2.24) is 10.2 Å². The molecule has 0 aliphatic heterocycles. The average molecular weight is 654 g/mol. The number of anilines is 1. The number of ether oxygens (including phenoxy) is 2. The molecule has 236 valence electrons. The number of halogens is 2. The normalized spacial score (nSPS) is 11.8. The summed E-state index contributed by atoms with van der Waals surface area (Å²) in [6, 6.07) is 23.9. The molecule has 2 amide bonds. The number of nitrogens with zero attached hydrogens (tertiary/aromatic N) is 2. The van der Waals surface area contributed by atoms with Crippen molar-refractivity contribution in [2.24, 2.45) is 0 Å². The Bertz CT molecular complexity index is 1740. The molecule has 0 bridgehead atoms. The first-order valence-corrected chi connectivity index (χ1v) is 15.7. The van der Waals surface area contributed by atoms with E-state index in [1.54, 1.807) is 18.2 Å². The van der Waals surface area contributed by atoms with Gasteiger partial charge in [-0.2, -0.15) is 0 Å². The van der Waals surface area contributed by atoms with E-state index in [2.05, 4.69) is 5.32 Å². The van der Waals surface area contributed by atoms with Crippen molar-refractivity contribution in [3.63, 3.8) is 0 Å². The van der Waals surface area contributed by atoms with Gasteiger partial charge in [-0.15, -0.1) is 0 Å². The summed E-state index contributed by atoms with van der Waals surface area (Å²) in [6.45, 7) is -1.00. The SMILES string of the molecule is CNC(=O)[C@@H](Cc1ccccc1)N(Cc1ccccc1F)C(=O)CN(c1ccc(Cl)cc1)S(=O)(=O)c1ccc(OC)c(OC)c1. The van der Waals surface area contributed by atoms with Gasteiger partial charge in [0.1, 0.15) is 18.4 Å². The number of carbonyl (C=O) groups excluding carboxylic acids is 2. The van der Waals surface area contributed by atoms with Crippen LogP contribution in [0.25, 0.3) is 0 Å². The van der Waals surface area contributed by atoms with Crippen molar-refractivity contribution < 1.29 is 31.9 Å². The highest BCUT2D eigenvalue weighted by Gasteiger charge is 2.35. The van der Waals surface area contributed by atoms with Crippen LogP contribution in [0.2, 0.25) is 5.02 Å². The Hall–Kier alpha value is -4.61. The summed E-state index contributed by atoms with van der Waals surface area (Å²) < 4.78 is 54.8. The molecular formula is C33H33ClFN3O6S. The number of hydrogen-bond donors (Lipinski definition) is 1. The molecule has 4 aromatic rings. The predicted octanol–water partition coefficient (Wildman–Crippen LogP) is 5.08. The zero-order valence-corrected chi connectivity index (χ0v) is 26.5. The largest absolute Gasteiger partial charge is 0.493 e. The van der Waals surface area contributed by atoms with E-state index < -0.39 is 40.2 Å². The fraction of sp³-hybridized carbons (Fsp3) is 0.212. The van der Waals surface area contributed by atoms with Crippen molar-refractivity contribution in [2.75, 3.05) is 32.1 Å². The van der Waals surface area contributed by atoms with Gasteiger partial charge in [-0.05, 0) is 48.0 Å². The summed E-state index contributed by atoms with van der Waals surface area (Å²) in [6.07, 6.45) is 0.101. The molecule has 0 saturated carbocycles. The Morgan fingerprint density at radius 1 is 0.889 bits per heavy atom. The number of likely N-dealkylation sites (N-methyl/N-ethyl adjacent to an activating group) is 1. The maximum absolute atomic E-state index is 14.9. The molecule has 4 rings (SSSR count). The minimum atomic E-state index is -4.41. The van der Waals surface area contributed by atoms with Crippen molar-refractivity contribution in [2.45, 2.75) is 23.9 Å². The standard InChI is InChI=1S/C33H33ClFN3O6S/c1-36-33(40)29(19-23-9-5-4-6-10-23)37(21-24-11-7-8-12-28(24)35)32(39)22-38(26-15-13-25(34)14-16-26)45(41,42)27-17-18-30(43-2)31(20-27)44-3/h4-18,20,29H,19,21-22H2,1-3H3,(H,36,40)/t29-/m1/s1. The molecule has 0 aliphatic rings. The van der Waals surface area contributed by atoms with Crippen LogP contribution >= 0.6 is 11.6 Å². The van der Waals surface area contributed by atoms with E-state index in [0.29, 0.717) is 10.8 Å². The summed E-state index contributed by atoms with van der Waals surface area (Å²) in [5, 5.41) is 2.95. The zero-order valence-electron chi connectivity index (χ0n) is 24.9. The fourth-order valence-electron chi connectivity index (χ4n) is 4.77. The van der Waals surface area contributed by atoms with Crippen LogP contribution in [0.3, 0.4) is 0 Å². The predicted molar refractivity (Wildman–Crippen MR) is 170 cm³/mol. The monoisotopic (exact) mass is 653 g/mol. The first-order chi connectivity index (χ1) is 21.6. The van der Waals surface area contributed by atoms with Gasteiger partial charge in [-0.3, -0.25) is 13.9 Å². The number of methoxy groups -OCH3 is 2. The molecule has 12 heteroatoms. The molecule has 4 aromatic carbocycles. The van der Waals surface area contributed by atoms with Gasteiger partial charge < -0.3 is 19.7 Å². The molecule has 0 saturated heterocycles. The lowest BCUT2D eigenvalue weighted by atomic mass is 10.0. The van der Waals surface area contributed by atoms with Crippen molar-refractivity contribution >= 4 is 39.1 Å². The van der Waals surface area contributed by atoms with Crippen LogP contribution in [0.15, 0.2) is 102 Å². The van der Waals surface area contributed by atoms with Gasteiger partial charge in [-0.1, -0.05) is 60.1 Å². The van der Waals surface area contributed by atoms with Gasteiger partial charge in [0.2, 0.25) is 11.8 Å². The molecule has 0 heterocycles. The Balaban J connectivity index is 1.81. The van der Waals surface area contributed by atoms with Gasteiger partial charge >= 0.3 is 0 Å². The molecule has 0 fully saturated rings. The Morgan fingerprint density at radius 3 is 2.16 bits per heavy atom. The maximum Gasteiger partial charge on any atom is 0.264 e. The van der Waals surface area contributed by atoms with Gasteiger partial charge in [0, 0.05) is 36.7 Å². The summed E-state index contributed by atoms with van der Waals surface area (Å²) in [4.78, 5) is 28.7. The second-order valence-electron chi connectivity index (χ2n) is 9.94. The Labute approximate surface area is 267 Å². The third-order valence-corrected chi connectivity index (χ3v) is 9.17. The van der Waals surface area contributed by atoms with Crippen molar-refractivity contribution in [3.05, 3.63) is 119 Å². The number of hydrogen-bond acceptors (Lipinski definition) is 6. The highest BCUT2D eigenvalue weighted by Crippen LogP contribution is 2.33. The van der Waals surface area contributed by atoms with E-state index in [-0.39, 0.29) is 34.9 Å². The topological polar surface area (TPSA) is 105 Å². The summed E-state index contributed by atoms with van der Waals surface area (Å²) >= 11 is 6.10. The van der Waals surface area contributed by atoms with E-state index in [1.807, 2.05) is 18.2 Å². The molecule has 1 atom stereocenters. The molecule has 0 aromatic heterocycles. The number of rotatable bonds is 13. The van der Waals surface area contributed by atoms with E-state index in [0.717, 1.165) is 9.87 Å². The smallest absolute Gasteiger partial charge is 0.264 e. The van der Waals surface area contributed by atoms with Crippen molar-refractivity contribution in [3.8, 4) is 11.5 Å². The Morgan fingerprint density at radius 2 is 1.53 bits per heavy atom. The van der Waals surface area contributed by atoms with Gasteiger partial charge in [0.05, 0.1) is 24.8 Å². The molecule has 9 nitrogen and oxygen atoms in total. The van der Waals surface area contributed by atoms with Crippen molar-refractivity contribution in [1.29, 1.82) is 0 Å². The second-order valence-corrected chi connectivity index (χ2v) is 12.2. The maximum atomic E-state index is 14.9. The highest BCUT2D eigenvalue weighted by atomic mass is 35.5. The fourth-order valence-corrected chi connectivity index (χ4v) is 6.33. The minimum absolute atomic E-state index is 0.101. The zero-order chi connectivity index (χ0) is 32.6. The Kier molecular flexibility index (Phi) is 11.0. The summed E-state index contributed by atoms with van der Waals surface area (Å²) in [5.41, 5.74) is 1.06. The van der Waals surface area contributed by atoms with E-state index in [9.17, 15) is 22.4 Å². The van der Waals surface area contributed by atoms with Crippen LogP contribution in [0.5, 0.6) is 11.5 Å². The third-order valence-electron chi connectivity index (χ3n) is 7.15. The van der Waals surface area contributed by atoms with E-state index >= 15 is 0 Å². The van der Waals surface area contributed by atoms with Crippen LogP contribution in [-0.2, 0) is 32.6 Å². The lowest BCUT2D eigenvalue weighted by Crippen LogP contribution is -2.53. The molecule has 1 N–H and O–H groups in total. The first kappa shape index (κ1) is 33.3. The minimum Gasteiger partial charge on any atom is -0.493 e. The molecule has 0 aliphatic carbocycles. The van der Waals surface area contributed by atoms with Gasteiger partial charge in [-0.25, -0.2) is 12.8 Å². The summed E-state index contributed by atoms with van der Waals surface area (Å²) in [5.74, 6) is -1.31. The number of benzene rings is 4. The van der Waals surface area contributed by atoms with Crippen LogP contribution in [-0.4, -0.2) is 59.0 Å². The van der Waals surface area contributed by atoms with Crippen LogP contribution in [0.1, 0.15) is 11.1 Å². The first-order valence-electron chi connectivity index (χ1n) is 13.9.